The molecule has 0 spiro atoms. The molecule has 0 aliphatic carbocycles. The highest BCUT2D eigenvalue weighted by atomic mass is 16.5. The van der Waals surface area contributed by atoms with E-state index in [0.29, 0.717) is 6.10 Å². The summed E-state index contributed by atoms with van der Waals surface area (Å²) in [6.45, 7) is 4.69. The Hall–Kier alpha value is -0.0800. The van der Waals surface area contributed by atoms with Gasteiger partial charge < -0.3 is 10.1 Å². The zero-order valence-electron chi connectivity index (χ0n) is 6.97. The summed E-state index contributed by atoms with van der Waals surface area (Å²) >= 11 is 0. The second kappa shape index (κ2) is 1.80. The summed E-state index contributed by atoms with van der Waals surface area (Å²) < 4.78 is 5.99. The molecule has 62 valence electrons. The minimum atomic E-state index is 0.249. The van der Waals surface area contributed by atoms with Gasteiger partial charge in [-0.15, -0.1) is 0 Å². The van der Waals surface area contributed by atoms with Gasteiger partial charge >= 0.3 is 0 Å². The first-order chi connectivity index (χ1) is 5.30. The van der Waals surface area contributed by atoms with Crippen LogP contribution in [0.2, 0.25) is 0 Å². The summed E-state index contributed by atoms with van der Waals surface area (Å²) in [6.07, 6.45) is 3.19. The molecule has 2 nitrogen and oxygen atoms in total. The fraction of sp³-hybridized carbons (Fsp3) is 1.00. The summed E-state index contributed by atoms with van der Waals surface area (Å²) in [5.41, 5.74) is 0.249. The van der Waals surface area contributed by atoms with Crippen LogP contribution in [0.4, 0.5) is 0 Å². The summed E-state index contributed by atoms with van der Waals surface area (Å²) in [4.78, 5) is 0. The number of hydrogen-bond donors (Lipinski definition) is 1. The van der Waals surface area contributed by atoms with Gasteiger partial charge in [0, 0.05) is 24.9 Å². The van der Waals surface area contributed by atoms with Gasteiger partial charge in [0.15, 0.2) is 0 Å². The van der Waals surface area contributed by atoms with Gasteiger partial charge in [-0.25, -0.2) is 0 Å². The van der Waals surface area contributed by atoms with Crippen LogP contribution in [-0.4, -0.2) is 24.8 Å². The molecule has 0 aromatic heterocycles. The van der Waals surface area contributed by atoms with Crippen LogP contribution >= 0.6 is 0 Å². The molecule has 3 fully saturated rings. The van der Waals surface area contributed by atoms with E-state index in [1.165, 1.54) is 25.9 Å². The van der Waals surface area contributed by atoms with Crippen LogP contribution in [0, 0.1) is 11.8 Å². The average Bonchev–Trinajstić information content (AvgIpc) is 2.53. The predicted octanol–water partition coefficient (Wildman–Crippen LogP) is 0.773. The highest BCUT2D eigenvalue weighted by Crippen LogP contribution is 2.52. The van der Waals surface area contributed by atoms with E-state index >= 15 is 0 Å². The first-order valence-electron chi connectivity index (χ1n) is 4.68. The maximum Gasteiger partial charge on any atom is 0.0703 e. The standard InChI is InChI=1S/C9H15NO/c1-9-3-2-8(11-9)6-4-10-5-7(6)9/h6-8,10H,2-5H2,1H3/t6?,7?,8-,9-/m1/s1. The van der Waals surface area contributed by atoms with Gasteiger partial charge in [0.1, 0.15) is 0 Å². The molecule has 0 saturated carbocycles. The topological polar surface area (TPSA) is 21.3 Å². The second-order valence-electron chi connectivity index (χ2n) is 4.44. The fourth-order valence-corrected chi connectivity index (χ4v) is 3.23. The summed E-state index contributed by atoms with van der Waals surface area (Å²) in [5.74, 6) is 1.66. The molecule has 3 heterocycles. The van der Waals surface area contributed by atoms with Gasteiger partial charge in [-0.2, -0.15) is 0 Å². The molecule has 11 heavy (non-hydrogen) atoms. The molecule has 3 aliphatic rings. The highest BCUT2D eigenvalue weighted by Gasteiger charge is 2.57. The Morgan fingerprint density at radius 3 is 3.18 bits per heavy atom. The van der Waals surface area contributed by atoms with E-state index in [1.807, 2.05) is 0 Å². The van der Waals surface area contributed by atoms with Crippen LogP contribution in [0.15, 0.2) is 0 Å². The first-order valence-corrected chi connectivity index (χ1v) is 4.68. The molecule has 4 atom stereocenters. The predicted molar refractivity (Wildman–Crippen MR) is 42.4 cm³/mol. The maximum atomic E-state index is 5.99. The van der Waals surface area contributed by atoms with Gasteiger partial charge in [-0.1, -0.05) is 0 Å². The van der Waals surface area contributed by atoms with Crippen LogP contribution in [0.25, 0.3) is 0 Å². The molecule has 0 aromatic rings. The van der Waals surface area contributed by atoms with Crippen molar-refractivity contribution < 1.29 is 4.74 Å². The van der Waals surface area contributed by atoms with E-state index < -0.39 is 0 Å². The summed E-state index contributed by atoms with van der Waals surface area (Å²) in [7, 11) is 0. The molecule has 0 amide bonds. The zero-order valence-corrected chi connectivity index (χ0v) is 6.97. The minimum absolute atomic E-state index is 0.249. The van der Waals surface area contributed by atoms with Crippen LogP contribution in [0.3, 0.4) is 0 Å². The number of ether oxygens (including phenoxy) is 1. The van der Waals surface area contributed by atoms with Gasteiger partial charge in [0.2, 0.25) is 0 Å². The molecular weight excluding hydrogens is 138 g/mol. The van der Waals surface area contributed by atoms with Crippen LogP contribution in [-0.2, 0) is 4.74 Å². The Morgan fingerprint density at radius 1 is 1.45 bits per heavy atom. The van der Waals surface area contributed by atoms with Gasteiger partial charge in [0.05, 0.1) is 11.7 Å². The lowest BCUT2D eigenvalue weighted by Crippen LogP contribution is -2.34. The smallest absolute Gasteiger partial charge is 0.0703 e. The van der Waals surface area contributed by atoms with Gasteiger partial charge in [-0.3, -0.25) is 0 Å². The molecular formula is C9H15NO. The third-order valence-electron chi connectivity index (χ3n) is 3.87. The molecule has 2 bridgehead atoms. The molecule has 0 aromatic carbocycles. The second-order valence-corrected chi connectivity index (χ2v) is 4.44. The monoisotopic (exact) mass is 153 g/mol. The van der Waals surface area contributed by atoms with E-state index in [1.54, 1.807) is 0 Å². The molecule has 2 unspecified atom stereocenters. The zero-order chi connectivity index (χ0) is 7.47. The lowest BCUT2D eigenvalue weighted by Gasteiger charge is -2.27. The Kier molecular flexibility index (Phi) is 1.06. The quantitative estimate of drug-likeness (QED) is 0.555. The molecule has 3 saturated heterocycles. The average molecular weight is 153 g/mol. The van der Waals surface area contributed by atoms with Crippen molar-refractivity contribution in [3.8, 4) is 0 Å². The maximum absolute atomic E-state index is 5.99. The van der Waals surface area contributed by atoms with E-state index in [4.69, 9.17) is 4.74 Å². The Labute approximate surface area is 67.3 Å². The minimum Gasteiger partial charge on any atom is -0.371 e. The van der Waals surface area contributed by atoms with Crippen molar-refractivity contribution in [2.45, 2.75) is 31.5 Å². The third-order valence-corrected chi connectivity index (χ3v) is 3.87. The molecule has 3 aliphatic heterocycles. The number of hydrogen-bond acceptors (Lipinski definition) is 2. The van der Waals surface area contributed by atoms with Crippen molar-refractivity contribution >= 4 is 0 Å². The molecule has 2 heteroatoms. The summed E-state index contributed by atoms with van der Waals surface area (Å²) in [5, 5.41) is 3.47. The number of rotatable bonds is 0. The van der Waals surface area contributed by atoms with Crippen LogP contribution in [0.1, 0.15) is 19.8 Å². The highest BCUT2D eigenvalue weighted by molar-refractivity contribution is 5.08. The van der Waals surface area contributed by atoms with E-state index in [-0.39, 0.29) is 5.60 Å². The molecule has 0 radical (unpaired) electrons. The van der Waals surface area contributed by atoms with E-state index in [0.717, 1.165) is 11.8 Å². The number of nitrogens with one attached hydrogen (secondary N) is 1. The first kappa shape index (κ1) is 6.44. The normalized spacial score (nSPS) is 60.3. The van der Waals surface area contributed by atoms with Crippen molar-refractivity contribution in [1.82, 2.24) is 5.32 Å². The van der Waals surface area contributed by atoms with Gasteiger partial charge in [-0.05, 0) is 19.8 Å². The number of fused-ring (bicyclic) bond motifs is 5. The summed E-state index contributed by atoms with van der Waals surface area (Å²) in [6, 6.07) is 0. The van der Waals surface area contributed by atoms with Gasteiger partial charge in [0.25, 0.3) is 0 Å². The van der Waals surface area contributed by atoms with Crippen LogP contribution < -0.4 is 5.32 Å². The molecule has 1 N–H and O–H groups in total. The molecule has 3 rings (SSSR count). The largest absolute Gasteiger partial charge is 0.371 e. The lowest BCUT2D eigenvalue weighted by molar-refractivity contribution is 0.00527. The van der Waals surface area contributed by atoms with Crippen molar-refractivity contribution in [2.24, 2.45) is 11.8 Å². The third kappa shape index (κ3) is 0.651. The van der Waals surface area contributed by atoms with Crippen molar-refractivity contribution in [3.05, 3.63) is 0 Å². The Balaban J connectivity index is 1.98. The Morgan fingerprint density at radius 2 is 2.36 bits per heavy atom. The fourth-order valence-electron chi connectivity index (χ4n) is 3.23. The Bertz CT molecular complexity index is 194. The van der Waals surface area contributed by atoms with E-state index in [9.17, 15) is 0 Å². The van der Waals surface area contributed by atoms with Crippen molar-refractivity contribution in [1.29, 1.82) is 0 Å². The van der Waals surface area contributed by atoms with Crippen LogP contribution in [0.5, 0.6) is 0 Å². The SMILES string of the molecule is C[C@]12CC[C@@H](O1)C1CNCC12. The van der Waals surface area contributed by atoms with Crippen molar-refractivity contribution in [3.63, 3.8) is 0 Å². The van der Waals surface area contributed by atoms with E-state index in [2.05, 4.69) is 12.2 Å². The van der Waals surface area contributed by atoms with Crippen molar-refractivity contribution in [2.75, 3.05) is 13.1 Å². The lowest BCUT2D eigenvalue weighted by atomic mass is 9.75.